The van der Waals surface area contributed by atoms with Crippen LogP contribution in [-0.2, 0) is 9.59 Å². The zero-order valence-corrected chi connectivity index (χ0v) is 14.2. The third-order valence-electron chi connectivity index (χ3n) is 5.73. The molecule has 0 radical (unpaired) electrons. The minimum Gasteiger partial charge on any atom is -0.481 e. The molecule has 0 aromatic carbocycles. The summed E-state index contributed by atoms with van der Waals surface area (Å²) in [7, 11) is 0. The van der Waals surface area contributed by atoms with Crippen LogP contribution in [-0.4, -0.2) is 16.9 Å². The van der Waals surface area contributed by atoms with Gasteiger partial charge in [-0.15, -0.1) is 6.58 Å². The monoisotopic (exact) mass is 302 g/mol. The zero-order chi connectivity index (χ0) is 16.9. The molecule has 0 saturated heterocycles. The molecule has 120 valence electrons. The van der Waals surface area contributed by atoms with E-state index in [-0.39, 0.29) is 23.0 Å². The normalized spacial score (nSPS) is 32.9. The molecule has 2 aliphatic carbocycles. The molecule has 1 fully saturated rings. The van der Waals surface area contributed by atoms with Gasteiger partial charge in [-0.3, -0.25) is 9.59 Å². The number of carboxylic acids is 1. The predicted molar refractivity (Wildman–Crippen MR) is 87.4 cm³/mol. The van der Waals surface area contributed by atoms with E-state index in [0.29, 0.717) is 12.8 Å². The number of carboxylic acid groups (broad SMARTS) is 1. The molecule has 0 spiro atoms. The Hall–Kier alpha value is -1.64. The van der Waals surface area contributed by atoms with Gasteiger partial charge in [-0.1, -0.05) is 37.1 Å². The van der Waals surface area contributed by atoms with Crippen molar-refractivity contribution in [3.8, 4) is 0 Å². The maximum atomic E-state index is 12.3. The number of allylic oxidation sites excluding steroid dienone is 5. The quantitative estimate of drug-likeness (QED) is 0.776. The molecule has 0 aromatic rings. The highest BCUT2D eigenvalue weighted by atomic mass is 16.4. The van der Waals surface area contributed by atoms with Gasteiger partial charge in [-0.25, -0.2) is 0 Å². The van der Waals surface area contributed by atoms with Gasteiger partial charge < -0.3 is 5.11 Å². The second kappa shape index (κ2) is 5.22. The molecular formula is C19H26O3. The van der Waals surface area contributed by atoms with Crippen LogP contribution in [0.4, 0.5) is 0 Å². The van der Waals surface area contributed by atoms with Crippen LogP contribution in [0.25, 0.3) is 0 Å². The lowest BCUT2D eigenvalue weighted by atomic mass is 9.78. The molecular weight excluding hydrogens is 276 g/mol. The molecule has 3 atom stereocenters. The van der Waals surface area contributed by atoms with E-state index in [1.165, 1.54) is 0 Å². The fourth-order valence-corrected chi connectivity index (χ4v) is 4.55. The molecule has 3 nitrogen and oxygen atoms in total. The van der Waals surface area contributed by atoms with Gasteiger partial charge in [0.1, 0.15) is 0 Å². The van der Waals surface area contributed by atoms with Crippen LogP contribution in [0.15, 0.2) is 35.5 Å². The van der Waals surface area contributed by atoms with Crippen molar-refractivity contribution in [2.24, 2.45) is 22.7 Å². The number of rotatable bonds is 5. The zero-order valence-electron chi connectivity index (χ0n) is 14.2. The fourth-order valence-electron chi connectivity index (χ4n) is 4.55. The fraction of sp³-hybridized carbons (Fsp3) is 0.579. The first-order chi connectivity index (χ1) is 10.1. The van der Waals surface area contributed by atoms with Crippen LogP contribution < -0.4 is 0 Å². The number of hydrogen-bond donors (Lipinski definition) is 1. The van der Waals surface area contributed by atoms with Gasteiger partial charge in [-0.2, -0.15) is 0 Å². The summed E-state index contributed by atoms with van der Waals surface area (Å²) in [5.41, 5.74) is 1.63. The summed E-state index contributed by atoms with van der Waals surface area (Å²) >= 11 is 0. The first kappa shape index (κ1) is 16.7. The van der Waals surface area contributed by atoms with Gasteiger partial charge in [0.05, 0.1) is 5.41 Å². The molecule has 3 heteroatoms. The van der Waals surface area contributed by atoms with E-state index >= 15 is 0 Å². The third kappa shape index (κ3) is 2.02. The summed E-state index contributed by atoms with van der Waals surface area (Å²) in [6, 6.07) is 0. The van der Waals surface area contributed by atoms with Gasteiger partial charge in [0.15, 0.2) is 5.78 Å². The number of Topliss-reactive ketones (excluding diaryl/α,β-unsaturated/α-hetero) is 1. The Morgan fingerprint density at radius 2 is 2.00 bits per heavy atom. The van der Waals surface area contributed by atoms with Gasteiger partial charge in [-0.05, 0) is 38.2 Å². The van der Waals surface area contributed by atoms with Gasteiger partial charge in [0.25, 0.3) is 0 Å². The van der Waals surface area contributed by atoms with Gasteiger partial charge >= 0.3 is 5.97 Å². The lowest BCUT2D eigenvalue weighted by molar-refractivity contribution is -0.147. The minimum absolute atomic E-state index is 0.0293. The second-order valence-corrected chi connectivity index (χ2v) is 7.45. The highest BCUT2D eigenvalue weighted by Crippen LogP contribution is 2.75. The summed E-state index contributed by atoms with van der Waals surface area (Å²) in [6.07, 6.45) is 4.64. The van der Waals surface area contributed by atoms with Crippen LogP contribution >= 0.6 is 0 Å². The predicted octanol–water partition coefficient (Wildman–Crippen LogP) is 4.16. The first-order valence-electron chi connectivity index (χ1n) is 7.84. The van der Waals surface area contributed by atoms with Crippen molar-refractivity contribution in [1.82, 2.24) is 0 Å². The first-order valence-corrected chi connectivity index (χ1v) is 7.84. The van der Waals surface area contributed by atoms with E-state index in [4.69, 9.17) is 0 Å². The van der Waals surface area contributed by atoms with Crippen LogP contribution in [0.2, 0.25) is 0 Å². The van der Waals surface area contributed by atoms with E-state index in [9.17, 15) is 14.7 Å². The van der Waals surface area contributed by atoms with Crippen molar-refractivity contribution in [1.29, 1.82) is 0 Å². The molecule has 1 N–H and O–H groups in total. The molecule has 0 aromatic heterocycles. The largest absolute Gasteiger partial charge is 0.481 e. The Kier molecular flexibility index (Phi) is 3.97. The third-order valence-corrected chi connectivity index (χ3v) is 5.73. The van der Waals surface area contributed by atoms with Gasteiger partial charge in [0, 0.05) is 18.3 Å². The number of carbonyl (C=O) groups is 2. The summed E-state index contributed by atoms with van der Waals surface area (Å²) < 4.78 is 0. The van der Waals surface area contributed by atoms with E-state index in [1.807, 2.05) is 34.6 Å². The highest BCUT2D eigenvalue weighted by Gasteiger charge is 2.78. The standard InChI is InChI=1S/C19H26O3/c1-7-8-13-12(4)14(10-15(13)20)19(17(21)22)16(9-11(2)3)18(19,5)6/h7,9,14,16H,1,8,10H2,2-6H3,(H,21,22)/t14-,16+,19-/m0/s1. The second-order valence-electron chi connectivity index (χ2n) is 7.45. The molecule has 0 heterocycles. The topological polar surface area (TPSA) is 54.4 Å². The van der Waals surface area contributed by atoms with E-state index in [2.05, 4.69) is 12.7 Å². The highest BCUT2D eigenvalue weighted by molar-refractivity contribution is 6.00. The SMILES string of the molecule is C=CCC1=C(C)[C@@H]([C@@]2(C(=O)O)[C@H](C=C(C)C)C2(C)C)CC1=O. The Balaban J connectivity index is 2.53. The average Bonchev–Trinajstić information content (AvgIpc) is 2.73. The van der Waals surface area contributed by atoms with Crippen molar-refractivity contribution in [2.45, 2.75) is 47.5 Å². The Morgan fingerprint density at radius 1 is 1.41 bits per heavy atom. The van der Waals surface area contributed by atoms with E-state index in [1.54, 1.807) is 6.08 Å². The van der Waals surface area contributed by atoms with Crippen LogP contribution in [0.3, 0.4) is 0 Å². The van der Waals surface area contributed by atoms with Crippen molar-refractivity contribution in [2.75, 3.05) is 0 Å². The average molecular weight is 302 g/mol. The maximum Gasteiger partial charge on any atom is 0.311 e. The summed E-state index contributed by atoms with van der Waals surface area (Å²) in [5, 5.41) is 10.0. The van der Waals surface area contributed by atoms with Crippen molar-refractivity contribution in [3.05, 3.63) is 35.5 Å². The summed E-state index contributed by atoms with van der Waals surface area (Å²) in [5.74, 6) is -0.931. The van der Waals surface area contributed by atoms with E-state index in [0.717, 1.165) is 16.7 Å². The summed E-state index contributed by atoms with van der Waals surface area (Å²) in [4.78, 5) is 24.5. The lowest BCUT2D eigenvalue weighted by Crippen LogP contribution is -2.31. The molecule has 0 bridgehead atoms. The molecule has 0 unspecified atom stereocenters. The minimum atomic E-state index is -0.868. The van der Waals surface area contributed by atoms with Crippen molar-refractivity contribution >= 4 is 11.8 Å². The van der Waals surface area contributed by atoms with Crippen LogP contribution in [0.5, 0.6) is 0 Å². The Labute approximate surface area is 132 Å². The van der Waals surface area contributed by atoms with Crippen molar-refractivity contribution in [3.63, 3.8) is 0 Å². The van der Waals surface area contributed by atoms with E-state index < -0.39 is 11.4 Å². The Morgan fingerprint density at radius 3 is 2.45 bits per heavy atom. The number of hydrogen-bond acceptors (Lipinski definition) is 2. The van der Waals surface area contributed by atoms with Crippen LogP contribution in [0, 0.1) is 22.7 Å². The maximum absolute atomic E-state index is 12.3. The number of aliphatic carboxylic acids is 1. The molecule has 0 aliphatic heterocycles. The smallest absolute Gasteiger partial charge is 0.311 e. The number of carbonyl (C=O) groups excluding carboxylic acids is 1. The molecule has 1 saturated carbocycles. The van der Waals surface area contributed by atoms with Crippen LogP contribution in [0.1, 0.15) is 47.5 Å². The van der Waals surface area contributed by atoms with Gasteiger partial charge in [0.2, 0.25) is 0 Å². The molecule has 2 rings (SSSR count). The lowest BCUT2D eigenvalue weighted by Gasteiger charge is -2.24. The molecule has 2 aliphatic rings. The van der Waals surface area contributed by atoms with Crippen molar-refractivity contribution < 1.29 is 14.7 Å². The molecule has 22 heavy (non-hydrogen) atoms. The number of ketones is 1. The molecule has 0 amide bonds. The Bertz CT molecular complexity index is 602. The summed E-state index contributed by atoms with van der Waals surface area (Å²) in [6.45, 7) is 13.6.